The Labute approximate surface area is 150 Å². The minimum absolute atomic E-state index is 0.138. The summed E-state index contributed by atoms with van der Waals surface area (Å²) in [5, 5.41) is -0.138. The third-order valence-electron chi connectivity index (χ3n) is 5.93. The zero-order chi connectivity index (χ0) is 18.0. The van der Waals surface area contributed by atoms with Crippen molar-refractivity contribution in [2.24, 2.45) is 17.8 Å². The van der Waals surface area contributed by atoms with Gasteiger partial charge in [-0.05, 0) is 74.5 Å². The molecule has 8 heteroatoms. The van der Waals surface area contributed by atoms with E-state index in [1.54, 1.807) is 0 Å². The predicted octanol–water partition coefficient (Wildman–Crippen LogP) is 4.61. The van der Waals surface area contributed by atoms with E-state index in [0.29, 0.717) is 23.8 Å². The van der Waals surface area contributed by atoms with E-state index in [9.17, 15) is 21.6 Å². The van der Waals surface area contributed by atoms with Crippen LogP contribution >= 0.6 is 11.6 Å². The third-order valence-corrected chi connectivity index (χ3v) is 7.80. The topological polar surface area (TPSA) is 46.2 Å². The molecule has 4 aliphatic rings. The predicted molar refractivity (Wildman–Crippen MR) is 87.7 cm³/mol. The van der Waals surface area contributed by atoms with Crippen LogP contribution in [0.25, 0.3) is 0 Å². The van der Waals surface area contributed by atoms with Crippen molar-refractivity contribution in [1.29, 1.82) is 0 Å². The van der Waals surface area contributed by atoms with Crippen molar-refractivity contribution in [2.45, 2.75) is 55.1 Å². The van der Waals surface area contributed by atoms with Gasteiger partial charge in [0.1, 0.15) is 0 Å². The first-order valence-electron chi connectivity index (χ1n) is 8.47. The molecule has 5 rings (SSSR count). The van der Waals surface area contributed by atoms with Crippen LogP contribution in [0.5, 0.6) is 0 Å². The second-order valence-corrected chi connectivity index (χ2v) is 10.0. The molecule has 0 amide bonds. The first kappa shape index (κ1) is 17.6. The molecule has 4 saturated carbocycles. The molecule has 0 aliphatic heterocycles. The first-order valence-corrected chi connectivity index (χ1v) is 10.3. The fraction of sp³-hybridized carbons (Fsp3) is 0.647. The van der Waals surface area contributed by atoms with E-state index in [0.717, 1.165) is 44.6 Å². The molecule has 1 N–H and O–H groups in total. The molecule has 0 radical (unpaired) electrons. The molecule has 25 heavy (non-hydrogen) atoms. The van der Waals surface area contributed by atoms with Crippen molar-refractivity contribution >= 4 is 21.6 Å². The fourth-order valence-corrected chi connectivity index (χ4v) is 7.35. The van der Waals surface area contributed by atoms with E-state index >= 15 is 0 Å². The molecule has 0 aromatic heterocycles. The SMILES string of the molecule is O=S(=O)(NC12CC3CC(CC(C3)C1)C2)c1ccc(Cl)cc1C(F)(F)F. The van der Waals surface area contributed by atoms with Gasteiger partial charge in [-0.2, -0.15) is 13.2 Å². The van der Waals surface area contributed by atoms with Crippen molar-refractivity contribution in [3.05, 3.63) is 28.8 Å². The average Bonchev–Trinajstić information content (AvgIpc) is 2.43. The van der Waals surface area contributed by atoms with Crippen LogP contribution in [0.15, 0.2) is 23.1 Å². The Kier molecular flexibility index (Phi) is 3.95. The van der Waals surface area contributed by atoms with Crippen LogP contribution in [0.1, 0.15) is 44.1 Å². The number of rotatable bonds is 3. The summed E-state index contributed by atoms with van der Waals surface area (Å²) >= 11 is 5.66. The molecule has 4 aliphatic carbocycles. The van der Waals surface area contributed by atoms with E-state index in [4.69, 9.17) is 11.6 Å². The highest BCUT2D eigenvalue weighted by Gasteiger charge is 2.53. The van der Waals surface area contributed by atoms with Crippen LogP contribution in [0, 0.1) is 17.8 Å². The van der Waals surface area contributed by atoms with Crippen LogP contribution in [-0.2, 0) is 16.2 Å². The second kappa shape index (κ2) is 5.60. The summed E-state index contributed by atoms with van der Waals surface area (Å²) in [4.78, 5) is -0.736. The molecule has 3 nitrogen and oxygen atoms in total. The van der Waals surface area contributed by atoms with Crippen molar-refractivity contribution in [3.63, 3.8) is 0 Å². The summed E-state index contributed by atoms with van der Waals surface area (Å²) in [7, 11) is -4.28. The van der Waals surface area contributed by atoms with Gasteiger partial charge < -0.3 is 0 Å². The summed E-state index contributed by atoms with van der Waals surface area (Å²) in [6.45, 7) is 0. The number of hydrogen-bond acceptors (Lipinski definition) is 2. The summed E-state index contributed by atoms with van der Waals surface area (Å²) in [6, 6.07) is 2.81. The lowest BCUT2D eigenvalue weighted by atomic mass is 9.53. The summed E-state index contributed by atoms with van der Waals surface area (Å²) < 4.78 is 68.3. The number of alkyl halides is 3. The van der Waals surface area contributed by atoms with Crippen LogP contribution in [0.4, 0.5) is 13.2 Å². The molecular formula is C17H19ClF3NO2S. The Morgan fingerprint density at radius 3 is 2.04 bits per heavy atom. The molecule has 4 fully saturated rings. The largest absolute Gasteiger partial charge is 0.417 e. The minimum Gasteiger partial charge on any atom is -0.207 e. The highest BCUT2D eigenvalue weighted by Crippen LogP contribution is 2.56. The second-order valence-electron chi connectivity index (χ2n) is 7.94. The van der Waals surface area contributed by atoms with E-state index < -0.39 is 32.2 Å². The van der Waals surface area contributed by atoms with Crippen LogP contribution in [0.3, 0.4) is 0 Å². The van der Waals surface area contributed by atoms with Crippen molar-refractivity contribution in [3.8, 4) is 0 Å². The first-order chi connectivity index (χ1) is 11.6. The van der Waals surface area contributed by atoms with Gasteiger partial charge in [-0.1, -0.05) is 11.6 Å². The van der Waals surface area contributed by atoms with Gasteiger partial charge in [0, 0.05) is 10.6 Å². The Hall–Kier alpha value is -0.790. The number of sulfonamides is 1. The highest BCUT2D eigenvalue weighted by atomic mass is 35.5. The van der Waals surface area contributed by atoms with Gasteiger partial charge in [-0.25, -0.2) is 13.1 Å². The van der Waals surface area contributed by atoms with Gasteiger partial charge in [0.05, 0.1) is 10.5 Å². The van der Waals surface area contributed by atoms with Gasteiger partial charge in [-0.15, -0.1) is 0 Å². The smallest absolute Gasteiger partial charge is 0.207 e. The molecule has 0 heterocycles. The zero-order valence-corrected chi connectivity index (χ0v) is 15.0. The summed E-state index contributed by atoms with van der Waals surface area (Å²) in [6.07, 6.45) is 0.769. The molecule has 0 spiro atoms. The maximum absolute atomic E-state index is 13.3. The van der Waals surface area contributed by atoms with Crippen LogP contribution < -0.4 is 4.72 Å². The quantitative estimate of drug-likeness (QED) is 0.815. The molecule has 4 bridgehead atoms. The number of halogens is 4. The minimum atomic E-state index is -4.78. The standard InChI is InChI=1S/C17H19ClF3NO2S/c18-13-1-2-15(14(6-13)17(19,20)21)25(23,24)22-16-7-10-3-11(8-16)5-12(4-10)9-16/h1-2,6,10-12,22H,3-5,7-9H2. The molecule has 1 aromatic carbocycles. The van der Waals surface area contributed by atoms with Gasteiger partial charge in [0.25, 0.3) is 0 Å². The zero-order valence-electron chi connectivity index (χ0n) is 13.4. The monoisotopic (exact) mass is 393 g/mol. The normalized spacial score (nSPS) is 34.5. The Morgan fingerprint density at radius 1 is 1.04 bits per heavy atom. The van der Waals surface area contributed by atoms with E-state index in [1.165, 1.54) is 6.07 Å². The lowest BCUT2D eigenvalue weighted by Crippen LogP contribution is -2.59. The molecule has 0 atom stereocenters. The Morgan fingerprint density at radius 2 is 1.56 bits per heavy atom. The van der Waals surface area contributed by atoms with E-state index in [-0.39, 0.29) is 5.02 Å². The maximum atomic E-state index is 13.3. The Balaban J connectivity index is 1.70. The lowest BCUT2D eigenvalue weighted by molar-refractivity contribution is -0.139. The molecule has 0 unspecified atom stereocenters. The van der Waals surface area contributed by atoms with E-state index in [2.05, 4.69) is 4.72 Å². The van der Waals surface area contributed by atoms with Crippen molar-refractivity contribution in [1.82, 2.24) is 4.72 Å². The maximum Gasteiger partial charge on any atom is 0.417 e. The number of hydrogen-bond donors (Lipinski definition) is 1. The van der Waals surface area contributed by atoms with Gasteiger partial charge in [0.15, 0.2) is 0 Å². The van der Waals surface area contributed by atoms with E-state index in [1.807, 2.05) is 0 Å². The van der Waals surface area contributed by atoms with Crippen LogP contribution in [0.2, 0.25) is 5.02 Å². The summed E-state index contributed by atoms with van der Waals surface area (Å²) in [5.74, 6) is 1.46. The van der Waals surface area contributed by atoms with Gasteiger partial charge in [0.2, 0.25) is 10.0 Å². The third kappa shape index (κ3) is 3.19. The molecule has 138 valence electrons. The van der Waals surface area contributed by atoms with Crippen molar-refractivity contribution < 1.29 is 21.6 Å². The lowest BCUT2D eigenvalue weighted by Gasteiger charge is -2.56. The van der Waals surface area contributed by atoms with Gasteiger partial charge in [-0.3, -0.25) is 0 Å². The number of nitrogens with one attached hydrogen (secondary N) is 1. The van der Waals surface area contributed by atoms with Gasteiger partial charge >= 0.3 is 6.18 Å². The average molecular weight is 394 g/mol. The molecule has 0 saturated heterocycles. The Bertz CT molecular complexity index is 771. The fourth-order valence-electron chi connectivity index (χ4n) is 5.53. The van der Waals surface area contributed by atoms with Crippen LogP contribution in [-0.4, -0.2) is 14.0 Å². The number of benzene rings is 1. The highest BCUT2D eigenvalue weighted by molar-refractivity contribution is 7.89. The van der Waals surface area contributed by atoms with Crippen molar-refractivity contribution in [2.75, 3.05) is 0 Å². The summed E-state index contributed by atoms with van der Waals surface area (Å²) in [5.41, 5.74) is -1.80. The molecular weight excluding hydrogens is 375 g/mol. The molecule has 1 aromatic rings.